The molecule has 0 saturated heterocycles. The van der Waals surface area contributed by atoms with Gasteiger partial charge in [-0.1, -0.05) is 229 Å². The summed E-state index contributed by atoms with van der Waals surface area (Å²) in [6.07, 6.45) is 5.82. The predicted molar refractivity (Wildman–Crippen MR) is 364 cm³/mol. The van der Waals surface area contributed by atoms with E-state index in [0.29, 0.717) is 5.75 Å². The van der Waals surface area contributed by atoms with Gasteiger partial charge in [0.25, 0.3) is 6.33 Å². The van der Waals surface area contributed by atoms with Crippen LogP contribution in [-0.2, 0) is 21.7 Å². The number of pyridine rings is 1. The molecule has 13 rings (SSSR count). The molecule has 5 nitrogen and oxygen atoms in total. The van der Waals surface area contributed by atoms with Gasteiger partial charge in [0.05, 0.1) is 33.4 Å². The summed E-state index contributed by atoms with van der Waals surface area (Å²) in [5.74, 6) is 2.27. The van der Waals surface area contributed by atoms with E-state index in [-0.39, 0.29) is 21.7 Å². The zero-order valence-electron chi connectivity index (χ0n) is 52.3. The summed E-state index contributed by atoms with van der Waals surface area (Å²) in [6.45, 7) is 27.8. The lowest BCUT2D eigenvalue weighted by Gasteiger charge is -2.27. The second-order valence-electron chi connectivity index (χ2n) is 27.7. The third kappa shape index (κ3) is 11.3. The fourth-order valence-electron chi connectivity index (χ4n) is 12.0. The molecule has 0 aliphatic rings. The van der Waals surface area contributed by atoms with Crippen molar-refractivity contribution in [1.29, 1.82) is 0 Å². The van der Waals surface area contributed by atoms with E-state index >= 15 is 0 Å². The van der Waals surface area contributed by atoms with Crippen LogP contribution in [0.2, 0.25) is 0 Å². The fraction of sp³-hybridized carbons (Fsp3) is 0.195. The highest BCUT2D eigenvalue weighted by molar-refractivity contribution is 6.09. The van der Waals surface area contributed by atoms with Gasteiger partial charge in [0.2, 0.25) is 0 Å². The summed E-state index contributed by atoms with van der Waals surface area (Å²) in [5, 5.41) is 2.27. The van der Waals surface area contributed by atoms with E-state index in [4.69, 9.17) is 9.72 Å². The normalized spacial score (nSPS) is 12.4. The first-order valence-corrected chi connectivity index (χ1v) is 30.6. The topological polar surface area (TPSA) is 35.9 Å². The Morgan fingerprint density at radius 2 is 0.805 bits per heavy atom. The van der Waals surface area contributed by atoms with Crippen molar-refractivity contribution < 1.29 is 9.30 Å². The first-order valence-electron chi connectivity index (χ1n) is 30.6. The second kappa shape index (κ2) is 21.7. The zero-order chi connectivity index (χ0) is 60.6. The molecule has 0 N–H and O–H groups in total. The highest BCUT2D eigenvalue weighted by atomic mass is 16.5. The number of nitrogens with zero attached hydrogens (tertiary/aromatic N) is 4. The van der Waals surface area contributed by atoms with Crippen LogP contribution in [0.3, 0.4) is 0 Å². The molecule has 430 valence electrons. The van der Waals surface area contributed by atoms with E-state index in [1.165, 1.54) is 44.5 Å². The van der Waals surface area contributed by atoms with E-state index in [1.54, 1.807) is 0 Å². The van der Waals surface area contributed by atoms with Gasteiger partial charge in [0.15, 0.2) is 0 Å². The van der Waals surface area contributed by atoms with Crippen LogP contribution in [0.1, 0.15) is 105 Å². The molecule has 0 unspecified atom stereocenters. The van der Waals surface area contributed by atoms with Crippen LogP contribution in [0, 0.1) is 6.33 Å². The fourth-order valence-corrected chi connectivity index (χ4v) is 12.0. The Morgan fingerprint density at radius 1 is 0.345 bits per heavy atom. The smallest absolute Gasteiger partial charge is 0.269 e. The Kier molecular flexibility index (Phi) is 14.1. The molecule has 0 radical (unpaired) electrons. The van der Waals surface area contributed by atoms with Gasteiger partial charge in [-0.3, -0.25) is 13.7 Å². The van der Waals surface area contributed by atoms with Crippen LogP contribution in [0.5, 0.6) is 11.5 Å². The van der Waals surface area contributed by atoms with Gasteiger partial charge in [-0.2, -0.15) is 0 Å². The molecule has 87 heavy (non-hydrogen) atoms. The monoisotopic (exact) mass is 1130 g/mol. The summed E-state index contributed by atoms with van der Waals surface area (Å²) in [6, 6.07) is 85.8. The maximum atomic E-state index is 6.88. The van der Waals surface area contributed by atoms with E-state index in [1.807, 2.05) is 6.07 Å². The largest absolute Gasteiger partial charge is 0.458 e. The molecule has 0 amide bonds. The minimum absolute atomic E-state index is 0.0295. The molecule has 3 aromatic heterocycles. The number of imidazole rings is 1. The Labute approximate surface area is 513 Å². The van der Waals surface area contributed by atoms with Crippen molar-refractivity contribution in [3.05, 3.63) is 271 Å². The SMILES string of the molecule is CC(C)(C)c1cc(-c2cc(-c3ccc(-n4c5ccccc5c5ccc(Oc6cccc(-n7[c-][n+](-c8cc(-c9ccccc9)cc(-c9ccccc9)c8)c8ccccc87)c6)cc54)nc3)cc(-c3cc(C(C)(C)C)cc(C(C)(C)C)c3)c2)cc(C(C)(C)C)c1. The molecule has 3 heterocycles. The number of hydrogen-bond acceptors (Lipinski definition) is 2. The van der Waals surface area contributed by atoms with Crippen LogP contribution < -0.4 is 9.30 Å². The van der Waals surface area contributed by atoms with Crippen LogP contribution >= 0.6 is 0 Å². The number of aromatic nitrogens is 4. The Hall–Kier alpha value is -9.58. The summed E-state index contributed by atoms with van der Waals surface area (Å²) >= 11 is 0. The number of ether oxygens (including phenoxy) is 1. The van der Waals surface area contributed by atoms with Gasteiger partial charge < -0.3 is 4.74 Å². The average Bonchev–Trinajstić information content (AvgIpc) is 2.39. The third-order valence-electron chi connectivity index (χ3n) is 17.2. The molecule has 13 aromatic rings. The van der Waals surface area contributed by atoms with E-state index in [2.05, 4.69) is 340 Å². The van der Waals surface area contributed by atoms with Crippen molar-refractivity contribution >= 4 is 32.8 Å². The lowest BCUT2D eigenvalue weighted by molar-refractivity contribution is -0.572. The van der Waals surface area contributed by atoms with Gasteiger partial charge in [0, 0.05) is 28.6 Å². The lowest BCUT2D eigenvalue weighted by atomic mass is 9.78. The van der Waals surface area contributed by atoms with Crippen molar-refractivity contribution in [3.8, 4) is 84.3 Å². The van der Waals surface area contributed by atoms with Crippen molar-refractivity contribution in [1.82, 2.24) is 14.1 Å². The molecule has 0 aliphatic heterocycles. The van der Waals surface area contributed by atoms with Crippen molar-refractivity contribution in [2.45, 2.75) is 105 Å². The number of hydrogen-bond donors (Lipinski definition) is 0. The highest BCUT2D eigenvalue weighted by Gasteiger charge is 2.25. The Morgan fingerprint density at radius 3 is 1.33 bits per heavy atom. The second-order valence-corrected chi connectivity index (χ2v) is 27.7. The minimum Gasteiger partial charge on any atom is -0.458 e. The molecule has 0 saturated carbocycles. The van der Waals surface area contributed by atoms with Crippen molar-refractivity contribution in [2.24, 2.45) is 0 Å². The summed E-state index contributed by atoms with van der Waals surface area (Å²) in [5.41, 5.74) is 22.9. The molecule has 0 spiro atoms. The Bertz CT molecular complexity index is 4510. The maximum Gasteiger partial charge on any atom is 0.269 e. The van der Waals surface area contributed by atoms with Gasteiger partial charge in [-0.15, -0.1) is 0 Å². The molecule has 10 aromatic carbocycles. The highest BCUT2D eigenvalue weighted by Crippen LogP contribution is 2.42. The standard InChI is InChI=1S/C82H76N4O/c1-79(2,3)64-42-62(43-65(48-64)80(4,5)6)58-38-57(39-59(40-58)63-44-66(81(7,8)9)49-67(45-63)82(10,11)12)56-34-37-78(83-52-56)86-74-31-20-19-30-72(74)73-36-35-71(51-77(73)86)87-70-29-23-28-68(50-70)84-53-85(76-33-22-21-32-75(76)84)69-46-60(54-24-15-13-16-25-54)41-61(47-69)55-26-17-14-18-27-55/h13-52H,1-12H3. The first-order chi connectivity index (χ1) is 41.6. The molecule has 5 heteroatoms. The summed E-state index contributed by atoms with van der Waals surface area (Å²) in [4.78, 5) is 5.35. The van der Waals surface area contributed by atoms with Crippen LogP contribution in [0.4, 0.5) is 0 Å². The van der Waals surface area contributed by atoms with Crippen molar-refractivity contribution in [3.63, 3.8) is 0 Å². The number of rotatable bonds is 10. The lowest BCUT2D eigenvalue weighted by Crippen LogP contribution is -2.29. The molecular formula is C82H76N4O. The minimum atomic E-state index is -0.0295. The average molecular weight is 1130 g/mol. The molecule has 0 atom stereocenters. The molecule has 0 fully saturated rings. The van der Waals surface area contributed by atoms with Crippen LogP contribution in [-0.4, -0.2) is 14.1 Å². The number of para-hydroxylation sites is 3. The van der Waals surface area contributed by atoms with Crippen molar-refractivity contribution in [2.75, 3.05) is 0 Å². The van der Waals surface area contributed by atoms with Gasteiger partial charge in [0.1, 0.15) is 17.3 Å². The molecule has 0 bridgehead atoms. The third-order valence-corrected chi connectivity index (χ3v) is 17.2. The molecule has 0 aliphatic carbocycles. The van der Waals surface area contributed by atoms with E-state index < -0.39 is 0 Å². The van der Waals surface area contributed by atoms with Crippen LogP contribution in [0.15, 0.2) is 243 Å². The zero-order valence-corrected chi connectivity index (χ0v) is 52.3. The number of fused-ring (bicyclic) bond motifs is 4. The maximum absolute atomic E-state index is 6.88. The van der Waals surface area contributed by atoms with Gasteiger partial charge >= 0.3 is 0 Å². The molecular weight excluding hydrogens is 1060 g/mol. The summed E-state index contributed by atoms with van der Waals surface area (Å²) in [7, 11) is 0. The number of benzene rings is 10. The first kappa shape index (κ1) is 56.5. The predicted octanol–water partition coefficient (Wildman–Crippen LogP) is 21.5. The van der Waals surface area contributed by atoms with E-state index in [9.17, 15) is 0 Å². The quantitative estimate of drug-likeness (QED) is 0.101. The van der Waals surface area contributed by atoms with Crippen LogP contribution in [0.25, 0.3) is 106 Å². The van der Waals surface area contributed by atoms with Gasteiger partial charge in [-0.05, 0) is 179 Å². The summed E-state index contributed by atoms with van der Waals surface area (Å²) < 4.78 is 13.5. The van der Waals surface area contributed by atoms with Gasteiger partial charge in [-0.25, -0.2) is 4.98 Å². The Balaban J connectivity index is 0.877. The van der Waals surface area contributed by atoms with E-state index in [0.717, 1.165) is 89.2 Å².